The molecular weight excluding hydrogens is 287 g/mol. The van der Waals surface area contributed by atoms with E-state index >= 15 is 0 Å². The molecule has 1 heterocycles. The Balaban J connectivity index is 2.03. The van der Waals surface area contributed by atoms with Gasteiger partial charge in [-0.3, -0.25) is 4.79 Å². The van der Waals surface area contributed by atoms with Gasteiger partial charge in [-0.05, 0) is 12.1 Å². The van der Waals surface area contributed by atoms with Gasteiger partial charge < -0.3 is 15.0 Å². The van der Waals surface area contributed by atoms with Crippen molar-refractivity contribution in [2.24, 2.45) is 0 Å². The molecule has 6 heteroatoms. The second-order valence-corrected chi connectivity index (χ2v) is 5.27. The molecule has 1 fully saturated rings. The summed E-state index contributed by atoms with van der Waals surface area (Å²) >= 11 is 12.0. The lowest BCUT2D eigenvalue weighted by atomic mass is 10.2. The minimum absolute atomic E-state index is 0.0145. The fourth-order valence-electron chi connectivity index (χ4n) is 2.00. The molecule has 1 atom stereocenters. The van der Waals surface area contributed by atoms with Gasteiger partial charge in [-0.2, -0.15) is 0 Å². The molecule has 0 radical (unpaired) electrons. The lowest BCUT2D eigenvalue weighted by molar-refractivity contribution is 0.0104. The SMILES string of the molecule is CN(CC1CNCCO1)C(=O)c1cccc(Cl)c1Cl. The van der Waals surface area contributed by atoms with Gasteiger partial charge in [0.05, 0.1) is 28.3 Å². The van der Waals surface area contributed by atoms with E-state index in [4.69, 9.17) is 27.9 Å². The number of carbonyl (C=O) groups excluding carboxylic acids is 1. The zero-order chi connectivity index (χ0) is 13.8. The zero-order valence-electron chi connectivity index (χ0n) is 10.7. The van der Waals surface area contributed by atoms with Crippen LogP contribution in [0.1, 0.15) is 10.4 Å². The van der Waals surface area contributed by atoms with E-state index in [2.05, 4.69) is 5.32 Å². The van der Waals surface area contributed by atoms with Gasteiger partial charge in [0.15, 0.2) is 0 Å². The standard InChI is InChI=1S/C13H16Cl2N2O2/c1-17(8-9-7-16-5-6-19-9)13(18)10-3-2-4-11(14)12(10)15/h2-4,9,16H,5-8H2,1H3. The van der Waals surface area contributed by atoms with Crippen LogP contribution >= 0.6 is 23.2 Å². The number of hydrogen-bond acceptors (Lipinski definition) is 3. The van der Waals surface area contributed by atoms with Crippen LogP contribution in [0.4, 0.5) is 0 Å². The summed E-state index contributed by atoms with van der Waals surface area (Å²) < 4.78 is 5.57. The number of hydrogen-bond donors (Lipinski definition) is 1. The van der Waals surface area contributed by atoms with E-state index < -0.39 is 0 Å². The summed E-state index contributed by atoms with van der Waals surface area (Å²) in [7, 11) is 1.73. The average molecular weight is 303 g/mol. The molecule has 0 saturated carbocycles. The van der Waals surface area contributed by atoms with Gasteiger partial charge in [0, 0.05) is 26.7 Å². The molecule has 1 saturated heterocycles. The number of nitrogens with zero attached hydrogens (tertiary/aromatic N) is 1. The maximum Gasteiger partial charge on any atom is 0.255 e. The average Bonchev–Trinajstić information content (AvgIpc) is 2.42. The van der Waals surface area contributed by atoms with E-state index in [0.29, 0.717) is 28.8 Å². The van der Waals surface area contributed by atoms with Crippen LogP contribution in [0.15, 0.2) is 18.2 Å². The molecule has 2 rings (SSSR count). The summed E-state index contributed by atoms with van der Waals surface area (Å²) in [5.74, 6) is -0.151. The van der Waals surface area contributed by atoms with E-state index in [-0.39, 0.29) is 12.0 Å². The van der Waals surface area contributed by atoms with Gasteiger partial charge in [0.2, 0.25) is 0 Å². The molecule has 0 spiro atoms. The highest BCUT2D eigenvalue weighted by molar-refractivity contribution is 6.43. The fourth-order valence-corrected chi connectivity index (χ4v) is 2.38. The number of ether oxygens (including phenoxy) is 1. The number of halogens is 2. The van der Waals surface area contributed by atoms with Crippen LogP contribution in [-0.2, 0) is 4.74 Å². The van der Waals surface area contributed by atoms with Crippen LogP contribution in [0.3, 0.4) is 0 Å². The predicted molar refractivity (Wildman–Crippen MR) is 76.0 cm³/mol. The summed E-state index contributed by atoms with van der Waals surface area (Å²) in [5.41, 5.74) is 0.417. The van der Waals surface area contributed by atoms with Gasteiger partial charge in [-0.25, -0.2) is 0 Å². The quantitative estimate of drug-likeness (QED) is 0.929. The largest absolute Gasteiger partial charge is 0.374 e. The summed E-state index contributed by atoms with van der Waals surface area (Å²) in [6, 6.07) is 5.05. The van der Waals surface area contributed by atoms with Crippen LogP contribution in [0, 0.1) is 0 Å². The molecule has 19 heavy (non-hydrogen) atoms. The van der Waals surface area contributed by atoms with Crippen molar-refractivity contribution in [1.82, 2.24) is 10.2 Å². The Morgan fingerprint density at radius 2 is 2.32 bits per heavy atom. The molecule has 1 aliphatic rings. The molecule has 1 aromatic carbocycles. The molecule has 104 valence electrons. The lowest BCUT2D eigenvalue weighted by Gasteiger charge is -2.28. The van der Waals surface area contributed by atoms with Crippen LogP contribution < -0.4 is 5.32 Å². The highest BCUT2D eigenvalue weighted by atomic mass is 35.5. The van der Waals surface area contributed by atoms with E-state index in [0.717, 1.165) is 13.1 Å². The lowest BCUT2D eigenvalue weighted by Crippen LogP contribution is -2.45. The molecule has 4 nitrogen and oxygen atoms in total. The first kappa shape index (κ1) is 14.6. The van der Waals surface area contributed by atoms with Gasteiger partial charge >= 0.3 is 0 Å². The number of benzene rings is 1. The topological polar surface area (TPSA) is 41.6 Å². The number of nitrogens with one attached hydrogen (secondary N) is 1. The van der Waals surface area contributed by atoms with Crippen molar-refractivity contribution in [3.8, 4) is 0 Å². The van der Waals surface area contributed by atoms with Crippen molar-refractivity contribution < 1.29 is 9.53 Å². The third kappa shape index (κ3) is 3.60. The van der Waals surface area contributed by atoms with Crippen molar-refractivity contribution in [3.63, 3.8) is 0 Å². The van der Waals surface area contributed by atoms with Crippen LogP contribution in [-0.4, -0.2) is 50.2 Å². The van der Waals surface area contributed by atoms with Crippen molar-refractivity contribution >= 4 is 29.1 Å². The normalized spacial score (nSPS) is 19.2. The first-order valence-corrected chi connectivity index (χ1v) is 6.87. The fraction of sp³-hybridized carbons (Fsp3) is 0.462. The molecule has 1 N–H and O–H groups in total. The minimum atomic E-state index is -0.151. The van der Waals surface area contributed by atoms with Crippen molar-refractivity contribution in [3.05, 3.63) is 33.8 Å². The number of amides is 1. The van der Waals surface area contributed by atoms with Crippen LogP contribution in [0.25, 0.3) is 0 Å². The minimum Gasteiger partial charge on any atom is -0.374 e. The Morgan fingerprint density at radius 3 is 3.00 bits per heavy atom. The molecule has 1 unspecified atom stereocenters. The summed E-state index contributed by atoms with van der Waals surface area (Å²) in [4.78, 5) is 13.9. The summed E-state index contributed by atoms with van der Waals surface area (Å²) in [6.45, 7) is 2.80. The Morgan fingerprint density at radius 1 is 1.53 bits per heavy atom. The molecule has 1 amide bonds. The van der Waals surface area contributed by atoms with Gasteiger partial charge in [0.25, 0.3) is 5.91 Å². The Bertz CT molecular complexity index is 462. The van der Waals surface area contributed by atoms with Crippen molar-refractivity contribution in [1.29, 1.82) is 0 Å². The number of rotatable bonds is 3. The number of likely N-dealkylation sites (N-methyl/N-ethyl adjacent to an activating group) is 1. The van der Waals surface area contributed by atoms with E-state index in [1.807, 2.05) is 0 Å². The Hall–Kier alpha value is -0.810. The zero-order valence-corrected chi connectivity index (χ0v) is 12.2. The smallest absolute Gasteiger partial charge is 0.255 e. The van der Waals surface area contributed by atoms with Gasteiger partial charge in [0.1, 0.15) is 0 Å². The van der Waals surface area contributed by atoms with Crippen molar-refractivity contribution in [2.45, 2.75) is 6.10 Å². The van der Waals surface area contributed by atoms with E-state index in [9.17, 15) is 4.79 Å². The highest BCUT2D eigenvalue weighted by Crippen LogP contribution is 2.26. The Kier molecular flexibility index (Phi) is 5.05. The first-order valence-electron chi connectivity index (χ1n) is 6.11. The number of morpholine rings is 1. The van der Waals surface area contributed by atoms with Crippen LogP contribution in [0.2, 0.25) is 10.0 Å². The summed E-state index contributed by atoms with van der Waals surface area (Å²) in [6.07, 6.45) is 0.0145. The predicted octanol–water partition coefficient (Wildman–Crippen LogP) is 2.05. The number of carbonyl (C=O) groups is 1. The first-order chi connectivity index (χ1) is 9.09. The molecule has 0 bridgehead atoms. The molecule has 1 aliphatic heterocycles. The highest BCUT2D eigenvalue weighted by Gasteiger charge is 2.21. The maximum atomic E-state index is 12.3. The molecular formula is C13H16Cl2N2O2. The van der Waals surface area contributed by atoms with E-state index in [1.54, 1.807) is 30.1 Å². The third-order valence-corrected chi connectivity index (χ3v) is 3.83. The molecule has 0 aromatic heterocycles. The molecule has 0 aliphatic carbocycles. The van der Waals surface area contributed by atoms with Gasteiger partial charge in [-0.1, -0.05) is 29.3 Å². The third-order valence-electron chi connectivity index (χ3n) is 3.01. The molecule has 1 aromatic rings. The second kappa shape index (κ2) is 6.57. The van der Waals surface area contributed by atoms with Crippen LogP contribution in [0.5, 0.6) is 0 Å². The van der Waals surface area contributed by atoms with E-state index in [1.165, 1.54) is 0 Å². The van der Waals surface area contributed by atoms with Crippen molar-refractivity contribution in [2.75, 3.05) is 33.3 Å². The second-order valence-electron chi connectivity index (χ2n) is 4.48. The summed E-state index contributed by atoms with van der Waals surface area (Å²) in [5, 5.41) is 3.91. The monoisotopic (exact) mass is 302 g/mol. The Labute approximate surface area is 122 Å². The van der Waals surface area contributed by atoms with Gasteiger partial charge in [-0.15, -0.1) is 0 Å². The maximum absolute atomic E-state index is 12.3.